The Morgan fingerprint density at radius 2 is 2.17 bits per heavy atom. The zero-order chi connectivity index (χ0) is 16.9. The maximum Gasteiger partial charge on any atom is 0.255 e. The van der Waals surface area contributed by atoms with E-state index in [2.05, 4.69) is 36.3 Å². The number of piperidine rings is 1. The zero-order valence-electron chi connectivity index (χ0n) is 14.5. The van der Waals surface area contributed by atoms with Gasteiger partial charge in [-0.1, -0.05) is 32.0 Å². The van der Waals surface area contributed by atoms with Gasteiger partial charge in [0.05, 0.1) is 17.4 Å². The minimum absolute atomic E-state index is 0.0847. The predicted octanol–water partition coefficient (Wildman–Crippen LogP) is 4.26. The molecule has 1 saturated heterocycles. The van der Waals surface area contributed by atoms with Crippen molar-refractivity contribution in [2.24, 2.45) is 5.92 Å². The van der Waals surface area contributed by atoms with E-state index in [1.165, 1.54) is 12.0 Å². The van der Waals surface area contributed by atoms with E-state index < -0.39 is 0 Å². The molecule has 1 aromatic heterocycles. The van der Waals surface area contributed by atoms with Crippen molar-refractivity contribution in [2.45, 2.75) is 33.1 Å². The molecule has 1 aliphatic rings. The number of hydrogen-bond donors (Lipinski definition) is 1. The molecular weight excluding hydrogens is 298 g/mol. The Morgan fingerprint density at radius 3 is 2.96 bits per heavy atom. The Morgan fingerprint density at radius 1 is 1.33 bits per heavy atom. The summed E-state index contributed by atoms with van der Waals surface area (Å²) in [6.07, 6.45) is 6.68. The van der Waals surface area contributed by atoms with Gasteiger partial charge in [-0.15, -0.1) is 0 Å². The van der Waals surface area contributed by atoms with Crippen molar-refractivity contribution in [1.29, 1.82) is 0 Å². The molecule has 24 heavy (non-hydrogen) atoms. The van der Waals surface area contributed by atoms with Crippen molar-refractivity contribution in [3.05, 3.63) is 53.9 Å². The van der Waals surface area contributed by atoms with Crippen LogP contribution in [0.5, 0.6) is 0 Å². The first kappa shape index (κ1) is 16.5. The molecule has 4 nitrogen and oxygen atoms in total. The van der Waals surface area contributed by atoms with Crippen LogP contribution in [0.2, 0.25) is 0 Å². The van der Waals surface area contributed by atoms with Gasteiger partial charge in [0, 0.05) is 25.0 Å². The summed E-state index contributed by atoms with van der Waals surface area (Å²) >= 11 is 0. The fourth-order valence-corrected chi connectivity index (χ4v) is 3.29. The van der Waals surface area contributed by atoms with Gasteiger partial charge in [-0.2, -0.15) is 0 Å². The molecule has 1 N–H and O–H groups in total. The van der Waals surface area contributed by atoms with E-state index >= 15 is 0 Å². The highest BCUT2D eigenvalue weighted by Gasteiger charge is 2.22. The summed E-state index contributed by atoms with van der Waals surface area (Å²) in [5.74, 6) is 0.662. The number of carbonyl (C=O) groups excluding carboxylic acids is 1. The number of aromatic nitrogens is 1. The Balaban J connectivity index is 1.77. The van der Waals surface area contributed by atoms with Crippen LogP contribution in [-0.4, -0.2) is 28.9 Å². The third kappa shape index (κ3) is 3.75. The van der Waals surface area contributed by atoms with Crippen LogP contribution < -0.4 is 5.32 Å². The number of carbonyl (C=O) groups is 1. The van der Waals surface area contributed by atoms with Gasteiger partial charge in [-0.25, -0.2) is 0 Å². The predicted molar refractivity (Wildman–Crippen MR) is 97.6 cm³/mol. The number of likely N-dealkylation sites (tertiary alicyclic amines) is 1. The summed E-state index contributed by atoms with van der Waals surface area (Å²) in [5.41, 5.74) is 3.83. The standard InChI is InChI=1S/C20H25N3O/c1-3-16-8-4-5-9-19(16)22-18-11-17(12-21-13-18)20(24)23-10-6-7-15(2)14-23/h4-5,8-9,11-13,15,22H,3,6-7,10,14H2,1-2H3. The SMILES string of the molecule is CCc1ccccc1Nc1cncc(C(=O)N2CCCC(C)C2)c1. The molecule has 1 unspecified atom stereocenters. The van der Waals surface area contributed by atoms with E-state index in [0.717, 1.165) is 37.3 Å². The molecule has 1 amide bonds. The van der Waals surface area contributed by atoms with E-state index in [0.29, 0.717) is 11.5 Å². The van der Waals surface area contributed by atoms with E-state index in [1.54, 1.807) is 12.4 Å². The number of benzene rings is 1. The Bertz CT molecular complexity index is 714. The first-order chi connectivity index (χ1) is 11.7. The summed E-state index contributed by atoms with van der Waals surface area (Å²) in [6.45, 7) is 6.03. The van der Waals surface area contributed by atoms with Crippen molar-refractivity contribution in [3.63, 3.8) is 0 Å². The van der Waals surface area contributed by atoms with Crippen molar-refractivity contribution in [1.82, 2.24) is 9.88 Å². The monoisotopic (exact) mass is 323 g/mol. The van der Waals surface area contributed by atoms with Gasteiger partial charge in [0.25, 0.3) is 5.91 Å². The molecule has 3 rings (SSSR count). The number of aryl methyl sites for hydroxylation is 1. The first-order valence-electron chi connectivity index (χ1n) is 8.76. The van der Waals surface area contributed by atoms with Gasteiger partial charge >= 0.3 is 0 Å². The topological polar surface area (TPSA) is 45.2 Å². The van der Waals surface area contributed by atoms with E-state index in [-0.39, 0.29) is 5.91 Å². The minimum atomic E-state index is 0.0847. The number of anilines is 2. The number of pyridine rings is 1. The highest BCUT2D eigenvalue weighted by atomic mass is 16.2. The molecule has 0 saturated carbocycles. The molecule has 1 fully saturated rings. The molecule has 0 aliphatic carbocycles. The fraction of sp³-hybridized carbons (Fsp3) is 0.400. The number of nitrogens with one attached hydrogen (secondary N) is 1. The van der Waals surface area contributed by atoms with Gasteiger partial charge in [-0.05, 0) is 42.9 Å². The highest BCUT2D eigenvalue weighted by Crippen LogP contribution is 2.23. The lowest BCUT2D eigenvalue weighted by Gasteiger charge is -2.31. The number of rotatable bonds is 4. The second-order valence-corrected chi connectivity index (χ2v) is 6.60. The van der Waals surface area contributed by atoms with Crippen LogP contribution in [0, 0.1) is 5.92 Å². The van der Waals surface area contributed by atoms with Gasteiger partial charge in [0.1, 0.15) is 0 Å². The molecule has 4 heteroatoms. The van der Waals surface area contributed by atoms with Gasteiger partial charge < -0.3 is 10.2 Å². The summed E-state index contributed by atoms with van der Waals surface area (Å²) in [4.78, 5) is 18.9. The Kier molecular flexibility index (Phi) is 5.14. The van der Waals surface area contributed by atoms with Crippen LogP contribution in [0.25, 0.3) is 0 Å². The molecule has 1 aromatic carbocycles. The average molecular weight is 323 g/mol. The molecule has 2 aromatic rings. The number of nitrogens with zero attached hydrogens (tertiary/aromatic N) is 2. The van der Waals surface area contributed by atoms with Crippen LogP contribution in [0.1, 0.15) is 42.6 Å². The third-order valence-electron chi connectivity index (χ3n) is 4.61. The maximum atomic E-state index is 12.7. The van der Waals surface area contributed by atoms with Crippen LogP contribution >= 0.6 is 0 Å². The lowest BCUT2D eigenvalue weighted by atomic mass is 10.00. The normalized spacial score (nSPS) is 17.6. The molecule has 0 spiro atoms. The van der Waals surface area contributed by atoms with E-state index in [1.807, 2.05) is 23.1 Å². The van der Waals surface area contributed by atoms with E-state index in [4.69, 9.17) is 0 Å². The quantitative estimate of drug-likeness (QED) is 0.914. The van der Waals surface area contributed by atoms with Crippen molar-refractivity contribution < 1.29 is 4.79 Å². The lowest BCUT2D eigenvalue weighted by Crippen LogP contribution is -2.39. The average Bonchev–Trinajstić information content (AvgIpc) is 2.62. The summed E-state index contributed by atoms with van der Waals surface area (Å²) in [6, 6.07) is 10.1. The van der Waals surface area contributed by atoms with Crippen molar-refractivity contribution in [2.75, 3.05) is 18.4 Å². The van der Waals surface area contributed by atoms with Gasteiger partial charge in [0.15, 0.2) is 0 Å². The van der Waals surface area contributed by atoms with Gasteiger partial charge in [-0.3, -0.25) is 9.78 Å². The van der Waals surface area contributed by atoms with Crippen LogP contribution in [0.15, 0.2) is 42.7 Å². The second-order valence-electron chi connectivity index (χ2n) is 6.60. The van der Waals surface area contributed by atoms with Crippen LogP contribution in [-0.2, 0) is 6.42 Å². The fourth-order valence-electron chi connectivity index (χ4n) is 3.29. The van der Waals surface area contributed by atoms with Crippen molar-refractivity contribution in [3.8, 4) is 0 Å². The maximum absolute atomic E-state index is 12.7. The molecule has 126 valence electrons. The first-order valence-corrected chi connectivity index (χ1v) is 8.76. The lowest BCUT2D eigenvalue weighted by molar-refractivity contribution is 0.0682. The highest BCUT2D eigenvalue weighted by molar-refractivity contribution is 5.95. The van der Waals surface area contributed by atoms with Crippen LogP contribution in [0.3, 0.4) is 0 Å². The molecule has 1 atom stereocenters. The Labute approximate surface area is 143 Å². The minimum Gasteiger partial charge on any atom is -0.354 e. The number of amides is 1. The molecule has 2 heterocycles. The third-order valence-corrected chi connectivity index (χ3v) is 4.61. The Hall–Kier alpha value is -2.36. The number of para-hydroxylation sites is 1. The summed E-state index contributed by atoms with van der Waals surface area (Å²) < 4.78 is 0. The zero-order valence-corrected chi connectivity index (χ0v) is 14.5. The molecule has 1 aliphatic heterocycles. The number of hydrogen-bond acceptors (Lipinski definition) is 3. The smallest absolute Gasteiger partial charge is 0.255 e. The summed E-state index contributed by atoms with van der Waals surface area (Å²) in [7, 11) is 0. The molecule has 0 bridgehead atoms. The van der Waals surface area contributed by atoms with Gasteiger partial charge in [0.2, 0.25) is 0 Å². The van der Waals surface area contributed by atoms with Crippen molar-refractivity contribution >= 4 is 17.3 Å². The second kappa shape index (κ2) is 7.47. The molecular formula is C20H25N3O. The largest absolute Gasteiger partial charge is 0.354 e. The van der Waals surface area contributed by atoms with E-state index in [9.17, 15) is 4.79 Å². The summed E-state index contributed by atoms with van der Waals surface area (Å²) in [5, 5.41) is 3.40. The van der Waals surface area contributed by atoms with Crippen LogP contribution in [0.4, 0.5) is 11.4 Å². The molecule has 0 radical (unpaired) electrons.